The summed E-state index contributed by atoms with van der Waals surface area (Å²) in [5.74, 6) is 1.93. The van der Waals surface area contributed by atoms with Crippen LogP contribution < -0.4 is 21.1 Å². The number of nitrogens with one attached hydrogen (secondary N) is 2. The minimum absolute atomic E-state index is 0.480. The van der Waals surface area contributed by atoms with E-state index in [0.717, 1.165) is 30.9 Å². The van der Waals surface area contributed by atoms with Crippen molar-refractivity contribution >= 4 is 23.0 Å². The standard InChI is InChI=1S/C17H21N7O/c1-25-14-5-2-4-13(10-14)23-17-15(18)16(21-11-22-17)20-6-3-8-24-9-7-19-12-24/h2,4-5,7,9-12H,3,6,8,18H2,1H3,(H2,20,21,22,23). The number of hydrogen-bond donors (Lipinski definition) is 3. The number of rotatable bonds is 8. The van der Waals surface area contributed by atoms with Gasteiger partial charge in [-0.15, -0.1) is 0 Å². The zero-order chi connectivity index (χ0) is 17.5. The molecule has 4 N–H and O–H groups in total. The number of nitrogens with zero attached hydrogens (tertiary/aromatic N) is 4. The van der Waals surface area contributed by atoms with Crippen LogP contribution in [-0.4, -0.2) is 33.2 Å². The highest BCUT2D eigenvalue weighted by atomic mass is 16.5. The van der Waals surface area contributed by atoms with Crippen molar-refractivity contribution in [3.8, 4) is 5.75 Å². The summed E-state index contributed by atoms with van der Waals surface area (Å²) in [6.07, 6.45) is 7.92. The maximum atomic E-state index is 6.18. The first-order chi connectivity index (χ1) is 12.3. The first-order valence-corrected chi connectivity index (χ1v) is 7.97. The van der Waals surface area contributed by atoms with Gasteiger partial charge in [0.05, 0.1) is 13.4 Å². The Balaban J connectivity index is 1.61. The van der Waals surface area contributed by atoms with Gasteiger partial charge in [-0.1, -0.05) is 6.07 Å². The summed E-state index contributed by atoms with van der Waals surface area (Å²) in [4.78, 5) is 12.5. The third-order valence-electron chi connectivity index (χ3n) is 3.66. The van der Waals surface area contributed by atoms with E-state index in [-0.39, 0.29) is 0 Å². The van der Waals surface area contributed by atoms with E-state index >= 15 is 0 Å². The van der Waals surface area contributed by atoms with Gasteiger partial charge in [-0.25, -0.2) is 15.0 Å². The van der Waals surface area contributed by atoms with E-state index in [1.165, 1.54) is 6.33 Å². The van der Waals surface area contributed by atoms with Crippen molar-refractivity contribution in [2.45, 2.75) is 13.0 Å². The van der Waals surface area contributed by atoms with Crippen LogP contribution in [0.4, 0.5) is 23.0 Å². The van der Waals surface area contributed by atoms with Crippen LogP contribution in [0.5, 0.6) is 5.75 Å². The van der Waals surface area contributed by atoms with Crippen LogP contribution in [-0.2, 0) is 6.54 Å². The largest absolute Gasteiger partial charge is 0.497 e. The Hall–Kier alpha value is -3.29. The number of methoxy groups -OCH3 is 1. The van der Waals surface area contributed by atoms with Crippen molar-refractivity contribution in [3.63, 3.8) is 0 Å². The summed E-state index contributed by atoms with van der Waals surface area (Å²) in [6.45, 7) is 1.63. The number of benzene rings is 1. The molecule has 0 saturated carbocycles. The minimum atomic E-state index is 0.480. The SMILES string of the molecule is COc1cccc(Nc2ncnc(NCCCn3ccnc3)c2N)c1. The van der Waals surface area contributed by atoms with Crippen LogP contribution >= 0.6 is 0 Å². The van der Waals surface area contributed by atoms with Gasteiger partial charge >= 0.3 is 0 Å². The molecule has 0 bridgehead atoms. The maximum Gasteiger partial charge on any atom is 0.159 e. The number of aryl methyl sites for hydroxylation is 1. The number of hydrogen-bond acceptors (Lipinski definition) is 7. The number of nitrogens with two attached hydrogens (primary N) is 1. The second kappa shape index (κ2) is 8.00. The zero-order valence-corrected chi connectivity index (χ0v) is 14.0. The molecular weight excluding hydrogens is 318 g/mol. The van der Waals surface area contributed by atoms with Gasteiger partial charge in [-0.3, -0.25) is 0 Å². The van der Waals surface area contributed by atoms with Crippen molar-refractivity contribution in [2.75, 3.05) is 30.0 Å². The van der Waals surface area contributed by atoms with Gasteiger partial charge in [0.15, 0.2) is 11.6 Å². The fraction of sp³-hybridized carbons (Fsp3) is 0.235. The van der Waals surface area contributed by atoms with Crippen molar-refractivity contribution in [1.82, 2.24) is 19.5 Å². The van der Waals surface area contributed by atoms with E-state index in [1.807, 2.05) is 35.0 Å². The molecule has 0 spiro atoms. The van der Waals surface area contributed by atoms with Gasteiger partial charge in [0.25, 0.3) is 0 Å². The van der Waals surface area contributed by atoms with Gasteiger partial charge in [0.1, 0.15) is 17.8 Å². The molecule has 2 aromatic heterocycles. The number of imidazole rings is 1. The van der Waals surface area contributed by atoms with Crippen molar-refractivity contribution < 1.29 is 4.74 Å². The van der Waals surface area contributed by atoms with E-state index in [1.54, 1.807) is 19.6 Å². The summed E-state index contributed by atoms with van der Waals surface area (Å²) in [6, 6.07) is 7.57. The van der Waals surface area contributed by atoms with Crippen LogP contribution in [0, 0.1) is 0 Å². The molecule has 130 valence electrons. The van der Waals surface area contributed by atoms with Crippen LogP contribution in [0.2, 0.25) is 0 Å². The Morgan fingerprint density at radius 3 is 2.92 bits per heavy atom. The molecule has 0 fully saturated rings. The topological polar surface area (TPSA) is 103 Å². The van der Waals surface area contributed by atoms with Crippen LogP contribution in [0.15, 0.2) is 49.3 Å². The van der Waals surface area contributed by atoms with E-state index in [0.29, 0.717) is 17.3 Å². The second-order valence-corrected chi connectivity index (χ2v) is 5.42. The average Bonchev–Trinajstić information content (AvgIpc) is 3.15. The molecule has 0 atom stereocenters. The summed E-state index contributed by atoms with van der Waals surface area (Å²) in [7, 11) is 1.63. The third-order valence-corrected chi connectivity index (χ3v) is 3.66. The molecule has 25 heavy (non-hydrogen) atoms. The van der Waals surface area contributed by atoms with Gasteiger partial charge in [0, 0.05) is 37.2 Å². The lowest BCUT2D eigenvalue weighted by molar-refractivity contribution is 0.415. The Morgan fingerprint density at radius 2 is 2.12 bits per heavy atom. The van der Waals surface area contributed by atoms with E-state index in [2.05, 4.69) is 25.6 Å². The quantitative estimate of drug-likeness (QED) is 0.542. The van der Waals surface area contributed by atoms with E-state index in [4.69, 9.17) is 10.5 Å². The molecule has 0 aliphatic carbocycles. The first kappa shape index (κ1) is 16.6. The summed E-state index contributed by atoms with van der Waals surface area (Å²) < 4.78 is 7.25. The van der Waals surface area contributed by atoms with Crippen molar-refractivity contribution in [2.24, 2.45) is 0 Å². The van der Waals surface area contributed by atoms with Crippen molar-refractivity contribution in [3.05, 3.63) is 49.3 Å². The molecule has 3 aromatic rings. The lowest BCUT2D eigenvalue weighted by Gasteiger charge is -2.13. The normalized spacial score (nSPS) is 10.4. The predicted octanol–water partition coefficient (Wildman–Crippen LogP) is 2.51. The Labute approximate surface area is 146 Å². The molecule has 8 heteroatoms. The van der Waals surface area contributed by atoms with Crippen molar-refractivity contribution in [1.29, 1.82) is 0 Å². The van der Waals surface area contributed by atoms with Gasteiger partial charge in [-0.05, 0) is 18.6 Å². The number of ether oxygens (including phenoxy) is 1. The molecule has 8 nitrogen and oxygen atoms in total. The Morgan fingerprint density at radius 1 is 1.24 bits per heavy atom. The molecule has 0 aliphatic rings. The fourth-order valence-corrected chi connectivity index (χ4v) is 2.36. The number of aromatic nitrogens is 4. The van der Waals surface area contributed by atoms with Crippen LogP contribution in [0.3, 0.4) is 0 Å². The molecule has 3 rings (SSSR count). The monoisotopic (exact) mass is 339 g/mol. The molecule has 0 unspecified atom stereocenters. The predicted molar refractivity (Wildman–Crippen MR) is 98.1 cm³/mol. The number of anilines is 4. The van der Waals surface area contributed by atoms with E-state index in [9.17, 15) is 0 Å². The van der Waals surface area contributed by atoms with Crippen LogP contribution in [0.25, 0.3) is 0 Å². The third kappa shape index (κ3) is 4.37. The number of nitrogen functional groups attached to an aromatic ring is 1. The molecule has 0 saturated heterocycles. The highest BCUT2D eigenvalue weighted by Crippen LogP contribution is 2.27. The average molecular weight is 339 g/mol. The summed E-state index contributed by atoms with van der Waals surface area (Å²) >= 11 is 0. The lowest BCUT2D eigenvalue weighted by atomic mass is 10.3. The Kier molecular flexibility index (Phi) is 5.30. The first-order valence-electron chi connectivity index (χ1n) is 7.97. The highest BCUT2D eigenvalue weighted by molar-refractivity contribution is 5.77. The molecule has 0 amide bonds. The van der Waals surface area contributed by atoms with Crippen LogP contribution in [0.1, 0.15) is 6.42 Å². The fourth-order valence-electron chi connectivity index (χ4n) is 2.36. The summed E-state index contributed by atoms with van der Waals surface area (Å²) in [5, 5.41) is 6.44. The van der Waals surface area contributed by atoms with Gasteiger partial charge in [0.2, 0.25) is 0 Å². The smallest absolute Gasteiger partial charge is 0.159 e. The molecule has 0 aliphatic heterocycles. The lowest BCUT2D eigenvalue weighted by Crippen LogP contribution is -2.10. The second-order valence-electron chi connectivity index (χ2n) is 5.42. The highest BCUT2D eigenvalue weighted by Gasteiger charge is 2.08. The molecule has 2 heterocycles. The Bertz CT molecular complexity index is 805. The molecule has 1 aromatic carbocycles. The minimum Gasteiger partial charge on any atom is -0.497 e. The summed E-state index contributed by atoms with van der Waals surface area (Å²) in [5.41, 5.74) is 7.51. The molecule has 0 radical (unpaired) electrons. The van der Waals surface area contributed by atoms with Gasteiger partial charge < -0.3 is 25.7 Å². The maximum absolute atomic E-state index is 6.18. The molecular formula is C17H21N7O. The zero-order valence-electron chi connectivity index (χ0n) is 14.0. The van der Waals surface area contributed by atoms with E-state index < -0.39 is 0 Å². The van der Waals surface area contributed by atoms with Gasteiger partial charge in [-0.2, -0.15) is 0 Å².